The standard InChI is InChI=1S/C11H20N4/c1-8(2)11-13-10(14-15(11)3)9-5-4-6-12-7-9/h8-9,12H,4-7H2,1-3H3. The number of nitrogens with one attached hydrogen (secondary N) is 1. The summed E-state index contributed by atoms with van der Waals surface area (Å²) >= 11 is 0. The first-order valence-electron chi connectivity index (χ1n) is 5.80. The van der Waals surface area contributed by atoms with Gasteiger partial charge >= 0.3 is 0 Å². The molecule has 0 aliphatic carbocycles. The van der Waals surface area contributed by atoms with Gasteiger partial charge in [-0.25, -0.2) is 4.98 Å². The van der Waals surface area contributed by atoms with Crippen molar-refractivity contribution in [2.45, 2.75) is 38.5 Å². The average Bonchev–Trinajstić information content (AvgIpc) is 2.62. The molecule has 1 aromatic rings. The Morgan fingerprint density at radius 2 is 2.27 bits per heavy atom. The van der Waals surface area contributed by atoms with Gasteiger partial charge in [0.05, 0.1) is 0 Å². The Bertz CT molecular complexity index is 323. The fraction of sp³-hybridized carbons (Fsp3) is 0.818. The lowest BCUT2D eigenvalue weighted by Gasteiger charge is -2.19. The summed E-state index contributed by atoms with van der Waals surface area (Å²) < 4.78 is 1.93. The lowest BCUT2D eigenvalue weighted by Crippen LogP contribution is -2.29. The van der Waals surface area contributed by atoms with Crippen LogP contribution in [0.1, 0.15) is 50.2 Å². The normalized spacial score (nSPS) is 22.3. The molecule has 84 valence electrons. The molecule has 1 aliphatic heterocycles. The van der Waals surface area contributed by atoms with Crippen molar-refractivity contribution >= 4 is 0 Å². The van der Waals surface area contributed by atoms with Gasteiger partial charge in [-0.3, -0.25) is 4.68 Å². The molecule has 1 saturated heterocycles. The van der Waals surface area contributed by atoms with Gasteiger partial charge in [0, 0.05) is 25.4 Å². The molecular formula is C11H20N4. The molecule has 0 radical (unpaired) electrons. The molecule has 2 rings (SSSR count). The molecule has 1 unspecified atom stereocenters. The highest BCUT2D eigenvalue weighted by Crippen LogP contribution is 2.21. The van der Waals surface area contributed by atoms with E-state index < -0.39 is 0 Å². The van der Waals surface area contributed by atoms with E-state index >= 15 is 0 Å². The van der Waals surface area contributed by atoms with Crippen molar-refractivity contribution < 1.29 is 0 Å². The SMILES string of the molecule is CC(C)c1nc(C2CCCNC2)nn1C. The topological polar surface area (TPSA) is 42.7 Å². The molecule has 1 atom stereocenters. The minimum absolute atomic E-state index is 0.452. The second kappa shape index (κ2) is 4.31. The van der Waals surface area contributed by atoms with Crippen LogP contribution in [0.15, 0.2) is 0 Å². The molecule has 0 spiro atoms. The third kappa shape index (κ3) is 2.20. The Labute approximate surface area is 91.1 Å². The Balaban J connectivity index is 2.17. The van der Waals surface area contributed by atoms with Gasteiger partial charge in [-0.1, -0.05) is 13.8 Å². The van der Waals surface area contributed by atoms with Crippen LogP contribution in [0, 0.1) is 0 Å². The largest absolute Gasteiger partial charge is 0.316 e. The molecule has 4 heteroatoms. The monoisotopic (exact) mass is 208 g/mol. The third-order valence-electron chi connectivity index (χ3n) is 2.99. The fourth-order valence-corrected chi connectivity index (χ4v) is 2.16. The van der Waals surface area contributed by atoms with Gasteiger partial charge in [0.25, 0.3) is 0 Å². The summed E-state index contributed by atoms with van der Waals surface area (Å²) in [5.74, 6) is 3.08. The van der Waals surface area contributed by atoms with Crippen LogP contribution < -0.4 is 5.32 Å². The highest BCUT2D eigenvalue weighted by atomic mass is 15.3. The van der Waals surface area contributed by atoms with E-state index in [-0.39, 0.29) is 0 Å². The van der Waals surface area contributed by atoms with Crippen LogP contribution in [0.3, 0.4) is 0 Å². The van der Waals surface area contributed by atoms with Crippen LogP contribution in [-0.4, -0.2) is 27.9 Å². The number of hydrogen-bond acceptors (Lipinski definition) is 3. The van der Waals surface area contributed by atoms with Gasteiger partial charge in [-0.2, -0.15) is 5.10 Å². The van der Waals surface area contributed by atoms with Crippen molar-refractivity contribution in [3.05, 3.63) is 11.6 Å². The van der Waals surface area contributed by atoms with Crippen molar-refractivity contribution in [2.75, 3.05) is 13.1 Å². The minimum Gasteiger partial charge on any atom is -0.316 e. The Hall–Kier alpha value is -0.900. The zero-order chi connectivity index (χ0) is 10.8. The maximum absolute atomic E-state index is 4.64. The van der Waals surface area contributed by atoms with Crippen LogP contribution >= 0.6 is 0 Å². The van der Waals surface area contributed by atoms with Crippen molar-refractivity contribution in [2.24, 2.45) is 7.05 Å². The maximum atomic E-state index is 4.64. The Morgan fingerprint density at radius 1 is 1.47 bits per heavy atom. The highest BCUT2D eigenvalue weighted by Gasteiger charge is 2.21. The molecule has 4 nitrogen and oxygen atoms in total. The van der Waals surface area contributed by atoms with E-state index in [9.17, 15) is 0 Å². The smallest absolute Gasteiger partial charge is 0.155 e. The first-order chi connectivity index (χ1) is 7.18. The van der Waals surface area contributed by atoms with Gasteiger partial charge in [0.1, 0.15) is 5.82 Å². The summed E-state index contributed by atoms with van der Waals surface area (Å²) in [7, 11) is 1.99. The summed E-state index contributed by atoms with van der Waals surface area (Å²) in [4.78, 5) is 4.64. The van der Waals surface area contributed by atoms with Gasteiger partial charge < -0.3 is 5.32 Å². The van der Waals surface area contributed by atoms with Crippen LogP contribution in [-0.2, 0) is 7.05 Å². The number of aromatic nitrogens is 3. The molecule has 0 aromatic carbocycles. The van der Waals surface area contributed by atoms with Crippen molar-refractivity contribution in [3.63, 3.8) is 0 Å². The summed E-state index contributed by atoms with van der Waals surface area (Å²) in [5, 5.41) is 7.92. The predicted octanol–water partition coefficient (Wildman–Crippen LogP) is 1.41. The zero-order valence-corrected chi connectivity index (χ0v) is 9.82. The Morgan fingerprint density at radius 3 is 2.80 bits per heavy atom. The number of aryl methyl sites for hydroxylation is 1. The van der Waals surface area contributed by atoms with Crippen LogP contribution in [0.5, 0.6) is 0 Å². The minimum atomic E-state index is 0.452. The van der Waals surface area contributed by atoms with Crippen molar-refractivity contribution in [1.82, 2.24) is 20.1 Å². The summed E-state index contributed by atoms with van der Waals surface area (Å²) in [6.45, 7) is 6.49. The number of hydrogen-bond donors (Lipinski definition) is 1. The Kier molecular flexibility index (Phi) is 3.05. The van der Waals surface area contributed by atoms with Gasteiger partial charge in [-0.15, -0.1) is 0 Å². The number of piperidine rings is 1. The van der Waals surface area contributed by atoms with E-state index in [0.29, 0.717) is 11.8 Å². The van der Waals surface area contributed by atoms with Gasteiger partial charge in [-0.05, 0) is 19.4 Å². The van der Waals surface area contributed by atoms with Crippen molar-refractivity contribution in [1.29, 1.82) is 0 Å². The van der Waals surface area contributed by atoms with E-state index in [1.54, 1.807) is 0 Å². The molecule has 0 saturated carbocycles. The first kappa shape index (κ1) is 10.6. The molecule has 0 bridgehead atoms. The third-order valence-corrected chi connectivity index (χ3v) is 2.99. The highest BCUT2D eigenvalue weighted by molar-refractivity contribution is 5.03. The molecule has 2 heterocycles. The number of nitrogens with zero attached hydrogens (tertiary/aromatic N) is 3. The molecule has 1 aliphatic rings. The summed E-state index contributed by atoms with van der Waals surface area (Å²) in [6.07, 6.45) is 2.45. The first-order valence-corrected chi connectivity index (χ1v) is 5.80. The van der Waals surface area contributed by atoms with E-state index in [4.69, 9.17) is 0 Å². The lowest BCUT2D eigenvalue weighted by molar-refractivity contribution is 0.445. The molecular weight excluding hydrogens is 188 g/mol. The lowest BCUT2D eigenvalue weighted by atomic mass is 9.99. The summed E-state index contributed by atoms with van der Waals surface area (Å²) in [6, 6.07) is 0. The van der Waals surface area contributed by atoms with Crippen LogP contribution in [0.25, 0.3) is 0 Å². The molecule has 0 amide bonds. The molecule has 1 N–H and O–H groups in total. The van der Waals surface area contributed by atoms with E-state index in [2.05, 4.69) is 29.2 Å². The van der Waals surface area contributed by atoms with Crippen molar-refractivity contribution in [3.8, 4) is 0 Å². The predicted molar refractivity (Wildman–Crippen MR) is 59.9 cm³/mol. The average molecular weight is 208 g/mol. The molecule has 1 aromatic heterocycles. The van der Waals surface area contributed by atoms with Gasteiger partial charge in [0.2, 0.25) is 0 Å². The second-order valence-electron chi connectivity index (χ2n) is 4.65. The number of rotatable bonds is 2. The van der Waals surface area contributed by atoms with E-state index in [1.165, 1.54) is 12.8 Å². The quantitative estimate of drug-likeness (QED) is 0.799. The zero-order valence-electron chi connectivity index (χ0n) is 9.82. The fourth-order valence-electron chi connectivity index (χ4n) is 2.16. The molecule has 1 fully saturated rings. The van der Waals surface area contributed by atoms with Crippen LogP contribution in [0.2, 0.25) is 0 Å². The maximum Gasteiger partial charge on any atom is 0.155 e. The van der Waals surface area contributed by atoms with Crippen LogP contribution in [0.4, 0.5) is 0 Å². The summed E-state index contributed by atoms with van der Waals surface area (Å²) in [5.41, 5.74) is 0. The van der Waals surface area contributed by atoms with E-state index in [0.717, 1.165) is 24.7 Å². The molecule has 15 heavy (non-hydrogen) atoms. The van der Waals surface area contributed by atoms with E-state index in [1.807, 2.05) is 11.7 Å². The van der Waals surface area contributed by atoms with Gasteiger partial charge in [0.15, 0.2) is 5.82 Å². The second-order valence-corrected chi connectivity index (χ2v) is 4.65.